The maximum absolute atomic E-state index is 12.2. The zero-order valence-electron chi connectivity index (χ0n) is 12.4. The van der Waals surface area contributed by atoms with Gasteiger partial charge in [0, 0.05) is 11.6 Å². The van der Waals surface area contributed by atoms with Crippen LogP contribution in [0, 0.1) is 0 Å². The summed E-state index contributed by atoms with van der Waals surface area (Å²) in [4.78, 5) is 12.2. The van der Waals surface area contributed by atoms with Gasteiger partial charge >= 0.3 is 0 Å². The standard InChI is InChI=1S/C18H19NO3/c1-3-16(13-9-11-15(22-2)12-10-13)17(20)18(21)19-14-7-5-4-6-8-14/h3-12,16-17,20H,1H2,2H3,(H,19,21)/t16-,17+/m1/s1. The summed E-state index contributed by atoms with van der Waals surface area (Å²) in [5, 5.41) is 13.0. The number of para-hydroxylation sites is 1. The average molecular weight is 297 g/mol. The van der Waals surface area contributed by atoms with E-state index < -0.39 is 17.9 Å². The first kappa shape index (κ1) is 15.8. The second-order valence-corrected chi connectivity index (χ2v) is 4.83. The third-order valence-corrected chi connectivity index (χ3v) is 3.40. The molecule has 2 aromatic rings. The molecule has 2 aromatic carbocycles. The van der Waals surface area contributed by atoms with Crippen molar-refractivity contribution in [3.8, 4) is 5.75 Å². The van der Waals surface area contributed by atoms with Gasteiger partial charge in [-0.3, -0.25) is 4.79 Å². The molecule has 0 aromatic heterocycles. The predicted octanol–water partition coefficient (Wildman–Crippen LogP) is 2.96. The molecule has 2 atom stereocenters. The van der Waals surface area contributed by atoms with Crippen LogP contribution in [0.25, 0.3) is 0 Å². The lowest BCUT2D eigenvalue weighted by atomic mass is 9.93. The highest BCUT2D eigenvalue weighted by Gasteiger charge is 2.25. The zero-order chi connectivity index (χ0) is 15.9. The molecular weight excluding hydrogens is 278 g/mol. The highest BCUT2D eigenvalue weighted by Crippen LogP contribution is 2.24. The van der Waals surface area contributed by atoms with Gasteiger partial charge < -0.3 is 15.2 Å². The first-order valence-electron chi connectivity index (χ1n) is 6.96. The Bertz CT molecular complexity index is 623. The molecule has 0 bridgehead atoms. The van der Waals surface area contributed by atoms with Gasteiger partial charge in [-0.2, -0.15) is 0 Å². The van der Waals surface area contributed by atoms with Crippen LogP contribution in [-0.4, -0.2) is 24.2 Å². The smallest absolute Gasteiger partial charge is 0.254 e. The lowest BCUT2D eigenvalue weighted by molar-refractivity contribution is -0.124. The molecule has 0 heterocycles. The van der Waals surface area contributed by atoms with Crippen LogP contribution in [0.2, 0.25) is 0 Å². The van der Waals surface area contributed by atoms with Gasteiger partial charge in [-0.25, -0.2) is 0 Å². The van der Waals surface area contributed by atoms with E-state index in [-0.39, 0.29) is 0 Å². The number of hydrogen-bond donors (Lipinski definition) is 2. The summed E-state index contributed by atoms with van der Waals surface area (Å²) in [6, 6.07) is 16.2. The third-order valence-electron chi connectivity index (χ3n) is 3.40. The minimum Gasteiger partial charge on any atom is -0.497 e. The second kappa shape index (κ2) is 7.43. The number of amides is 1. The van der Waals surface area contributed by atoms with Crippen molar-refractivity contribution in [2.45, 2.75) is 12.0 Å². The number of rotatable bonds is 6. The molecule has 4 heteroatoms. The molecule has 0 saturated heterocycles. The van der Waals surface area contributed by atoms with Crippen LogP contribution in [0.3, 0.4) is 0 Å². The number of carbonyl (C=O) groups excluding carboxylic acids is 1. The molecule has 2 rings (SSSR count). The lowest BCUT2D eigenvalue weighted by Crippen LogP contribution is -2.32. The fourth-order valence-electron chi connectivity index (χ4n) is 2.17. The largest absolute Gasteiger partial charge is 0.497 e. The predicted molar refractivity (Wildman–Crippen MR) is 87.0 cm³/mol. The van der Waals surface area contributed by atoms with Crippen LogP contribution in [0.5, 0.6) is 5.75 Å². The molecule has 0 unspecified atom stereocenters. The lowest BCUT2D eigenvalue weighted by Gasteiger charge is -2.20. The van der Waals surface area contributed by atoms with E-state index in [9.17, 15) is 9.90 Å². The first-order valence-corrected chi connectivity index (χ1v) is 6.96. The molecule has 2 N–H and O–H groups in total. The molecule has 4 nitrogen and oxygen atoms in total. The van der Waals surface area contributed by atoms with Gasteiger partial charge in [-0.15, -0.1) is 6.58 Å². The van der Waals surface area contributed by atoms with Crippen LogP contribution in [-0.2, 0) is 4.79 Å². The van der Waals surface area contributed by atoms with Crippen molar-refractivity contribution in [2.24, 2.45) is 0 Å². The van der Waals surface area contributed by atoms with Crippen LogP contribution < -0.4 is 10.1 Å². The Morgan fingerprint density at radius 1 is 1.18 bits per heavy atom. The average Bonchev–Trinajstić information content (AvgIpc) is 2.57. The fraction of sp³-hybridized carbons (Fsp3) is 0.167. The molecule has 0 aliphatic carbocycles. The molecule has 0 aliphatic rings. The van der Waals surface area contributed by atoms with Crippen molar-refractivity contribution in [3.63, 3.8) is 0 Å². The Morgan fingerprint density at radius 3 is 2.36 bits per heavy atom. The van der Waals surface area contributed by atoms with E-state index in [0.29, 0.717) is 5.69 Å². The number of methoxy groups -OCH3 is 1. The number of benzene rings is 2. The summed E-state index contributed by atoms with van der Waals surface area (Å²) in [5.74, 6) is -0.240. The van der Waals surface area contributed by atoms with Crippen molar-refractivity contribution in [3.05, 3.63) is 72.8 Å². The van der Waals surface area contributed by atoms with Gasteiger partial charge in [0.15, 0.2) is 0 Å². The number of aliphatic hydroxyl groups is 1. The Kier molecular flexibility index (Phi) is 5.33. The summed E-state index contributed by atoms with van der Waals surface area (Å²) in [6.45, 7) is 3.72. The summed E-state index contributed by atoms with van der Waals surface area (Å²) < 4.78 is 5.10. The number of hydrogen-bond acceptors (Lipinski definition) is 3. The monoisotopic (exact) mass is 297 g/mol. The molecule has 0 saturated carbocycles. The minimum absolute atomic E-state index is 0.466. The summed E-state index contributed by atoms with van der Waals surface area (Å²) in [6.07, 6.45) is 0.350. The van der Waals surface area contributed by atoms with Crippen molar-refractivity contribution in [1.82, 2.24) is 0 Å². The Morgan fingerprint density at radius 2 is 1.82 bits per heavy atom. The summed E-state index contributed by atoms with van der Waals surface area (Å²) >= 11 is 0. The number of aliphatic hydroxyl groups excluding tert-OH is 1. The normalized spacial score (nSPS) is 13.0. The van der Waals surface area contributed by atoms with E-state index in [1.807, 2.05) is 30.3 Å². The van der Waals surface area contributed by atoms with Crippen LogP contribution in [0.1, 0.15) is 11.5 Å². The number of ether oxygens (including phenoxy) is 1. The zero-order valence-corrected chi connectivity index (χ0v) is 12.4. The Labute approximate surface area is 130 Å². The van der Waals surface area contributed by atoms with E-state index in [4.69, 9.17) is 4.74 Å². The van der Waals surface area contributed by atoms with E-state index in [1.165, 1.54) is 0 Å². The maximum atomic E-state index is 12.2. The highest BCUT2D eigenvalue weighted by atomic mass is 16.5. The first-order chi connectivity index (χ1) is 10.7. The second-order valence-electron chi connectivity index (χ2n) is 4.83. The number of carbonyl (C=O) groups is 1. The van der Waals surface area contributed by atoms with Gasteiger partial charge in [0.05, 0.1) is 7.11 Å². The number of anilines is 1. The van der Waals surface area contributed by atoms with Gasteiger partial charge in [-0.1, -0.05) is 36.4 Å². The van der Waals surface area contributed by atoms with Gasteiger partial charge in [0.25, 0.3) is 5.91 Å². The minimum atomic E-state index is -1.22. The Hall–Kier alpha value is -2.59. The Balaban J connectivity index is 2.11. The van der Waals surface area contributed by atoms with Crippen LogP contribution in [0.15, 0.2) is 67.3 Å². The summed E-state index contributed by atoms with van der Waals surface area (Å²) in [7, 11) is 1.59. The van der Waals surface area contributed by atoms with E-state index in [0.717, 1.165) is 11.3 Å². The van der Waals surface area contributed by atoms with Crippen molar-refractivity contribution in [2.75, 3.05) is 12.4 Å². The van der Waals surface area contributed by atoms with Crippen LogP contribution in [0.4, 0.5) is 5.69 Å². The number of nitrogens with one attached hydrogen (secondary N) is 1. The summed E-state index contributed by atoms with van der Waals surface area (Å²) in [5.41, 5.74) is 1.44. The molecule has 0 spiro atoms. The van der Waals surface area contributed by atoms with Gasteiger partial charge in [0.2, 0.25) is 0 Å². The third kappa shape index (κ3) is 3.74. The van der Waals surface area contributed by atoms with E-state index in [2.05, 4.69) is 11.9 Å². The maximum Gasteiger partial charge on any atom is 0.254 e. The van der Waals surface area contributed by atoms with Crippen molar-refractivity contribution in [1.29, 1.82) is 0 Å². The SMILES string of the molecule is C=C[C@H](c1ccc(OC)cc1)[C@H](O)C(=O)Nc1ccccc1. The molecule has 0 radical (unpaired) electrons. The van der Waals surface area contributed by atoms with Crippen LogP contribution >= 0.6 is 0 Å². The van der Waals surface area contributed by atoms with Gasteiger partial charge in [-0.05, 0) is 29.8 Å². The van der Waals surface area contributed by atoms with Crippen molar-refractivity contribution >= 4 is 11.6 Å². The van der Waals surface area contributed by atoms with E-state index in [1.54, 1.807) is 37.5 Å². The quantitative estimate of drug-likeness (QED) is 0.806. The fourth-order valence-corrected chi connectivity index (χ4v) is 2.17. The molecular formula is C18H19NO3. The highest BCUT2D eigenvalue weighted by molar-refractivity contribution is 5.94. The van der Waals surface area contributed by atoms with Crippen molar-refractivity contribution < 1.29 is 14.6 Å². The molecule has 114 valence electrons. The topological polar surface area (TPSA) is 58.6 Å². The van der Waals surface area contributed by atoms with Gasteiger partial charge in [0.1, 0.15) is 11.9 Å². The molecule has 22 heavy (non-hydrogen) atoms. The van der Waals surface area contributed by atoms with E-state index >= 15 is 0 Å². The molecule has 0 aliphatic heterocycles. The molecule has 0 fully saturated rings. The molecule has 1 amide bonds.